The minimum Gasteiger partial charge on any atom is -0.436 e. The molecule has 0 unspecified atom stereocenters. The molecule has 0 spiro atoms. The molecule has 27 heavy (non-hydrogen) atoms. The average molecular weight is 370 g/mol. The molecule has 0 bridgehead atoms. The van der Waals surface area contributed by atoms with E-state index < -0.39 is 23.6 Å². The summed E-state index contributed by atoms with van der Waals surface area (Å²) >= 11 is 0. The Kier molecular flexibility index (Phi) is 5.73. The predicted octanol–water partition coefficient (Wildman–Crippen LogP) is 3.50. The van der Waals surface area contributed by atoms with Gasteiger partial charge >= 0.3 is 0 Å². The summed E-state index contributed by atoms with van der Waals surface area (Å²) in [5.41, 5.74) is 0.767. The standard InChI is InChI=1S/C20H16F2N2O3/c21-15-9-7-13(8-10-15)18(25)19(26)24-12-14-4-3-11-23-20(14)27-17-6-2-1-5-16(17)22/h1-11,18,25H,12H2,(H,24,26)/t18-/m0/s1. The molecule has 3 rings (SSSR count). The number of aliphatic hydroxyl groups is 1. The number of nitrogens with one attached hydrogen (secondary N) is 1. The van der Waals surface area contributed by atoms with Crippen molar-refractivity contribution in [3.8, 4) is 11.6 Å². The van der Waals surface area contributed by atoms with Crippen molar-refractivity contribution in [2.45, 2.75) is 12.6 Å². The van der Waals surface area contributed by atoms with Crippen LogP contribution in [0.15, 0.2) is 66.9 Å². The first kappa shape index (κ1) is 18.5. The van der Waals surface area contributed by atoms with Crippen molar-refractivity contribution in [3.05, 3.63) is 89.6 Å². The SMILES string of the molecule is O=C(NCc1cccnc1Oc1ccccc1F)[C@@H](O)c1ccc(F)cc1. The van der Waals surface area contributed by atoms with E-state index in [1.807, 2.05) is 0 Å². The second-order valence-corrected chi connectivity index (χ2v) is 5.67. The Morgan fingerprint density at radius 2 is 1.81 bits per heavy atom. The van der Waals surface area contributed by atoms with Crippen LogP contribution in [0.5, 0.6) is 11.6 Å². The largest absolute Gasteiger partial charge is 0.436 e. The van der Waals surface area contributed by atoms with Gasteiger partial charge < -0.3 is 15.2 Å². The van der Waals surface area contributed by atoms with E-state index in [1.165, 1.54) is 30.5 Å². The van der Waals surface area contributed by atoms with Gasteiger partial charge in [0.15, 0.2) is 17.7 Å². The molecule has 0 saturated heterocycles. The molecule has 5 nitrogen and oxygen atoms in total. The number of carbonyl (C=O) groups is 1. The van der Waals surface area contributed by atoms with Gasteiger partial charge in [-0.05, 0) is 35.9 Å². The number of halogens is 2. The summed E-state index contributed by atoms with van der Waals surface area (Å²) in [4.78, 5) is 16.2. The zero-order chi connectivity index (χ0) is 19.2. The first-order valence-electron chi connectivity index (χ1n) is 8.12. The molecule has 1 heterocycles. The maximum atomic E-state index is 13.8. The molecule has 1 amide bonds. The molecule has 3 aromatic rings. The maximum Gasteiger partial charge on any atom is 0.253 e. The van der Waals surface area contributed by atoms with Gasteiger partial charge in [0, 0.05) is 18.3 Å². The van der Waals surface area contributed by atoms with Crippen molar-refractivity contribution in [2.75, 3.05) is 0 Å². The van der Waals surface area contributed by atoms with E-state index in [4.69, 9.17) is 4.74 Å². The Morgan fingerprint density at radius 3 is 2.56 bits per heavy atom. The summed E-state index contributed by atoms with van der Waals surface area (Å²) in [5.74, 6) is -1.52. The smallest absolute Gasteiger partial charge is 0.253 e. The van der Waals surface area contributed by atoms with Crippen LogP contribution in [0.2, 0.25) is 0 Å². The van der Waals surface area contributed by atoms with Gasteiger partial charge in [0.1, 0.15) is 5.82 Å². The zero-order valence-corrected chi connectivity index (χ0v) is 14.1. The summed E-state index contributed by atoms with van der Waals surface area (Å²) in [7, 11) is 0. The third-order valence-corrected chi connectivity index (χ3v) is 3.78. The van der Waals surface area contributed by atoms with Gasteiger partial charge in [0.2, 0.25) is 5.88 Å². The number of hydrogen-bond acceptors (Lipinski definition) is 4. The van der Waals surface area contributed by atoms with E-state index in [9.17, 15) is 18.7 Å². The van der Waals surface area contributed by atoms with Gasteiger partial charge in [-0.25, -0.2) is 13.8 Å². The van der Waals surface area contributed by atoms with Crippen molar-refractivity contribution in [1.29, 1.82) is 0 Å². The van der Waals surface area contributed by atoms with E-state index in [1.54, 1.807) is 24.3 Å². The molecule has 0 aliphatic carbocycles. The molecule has 138 valence electrons. The Balaban J connectivity index is 1.68. The Labute approximate surface area is 154 Å². The van der Waals surface area contributed by atoms with E-state index in [0.29, 0.717) is 5.56 Å². The van der Waals surface area contributed by atoms with Crippen LogP contribution in [0.3, 0.4) is 0 Å². The van der Waals surface area contributed by atoms with Crippen molar-refractivity contribution < 1.29 is 23.4 Å². The number of carbonyl (C=O) groups excluding carboxylic acids is 1. The number of benzene rings is 2. The van der Waals surface area contributed by atoms with Gasteiger partial charge in [-0.1, -0.05) is 30.3 Å². The highest BCUT2D eigenvalue weighted by Crippen LogP contribution is 2.25. The highest BCUT2D eigenvalue weighted by molar-refractivity contribution is 5.81. The van der Waals surface area contributed by atoms with Gasteiger partial charge in [0.05, 0.1) is 0 Å². The Hall–Kier alpha value is -3.32. The normalized spacial score (nSPS) is 11.7. The maximum absolute atomic E-state index is 13.8. The topological polar surface area (TPSA) is 71.5 Å². The second kappa shape index (κ2) is 8.37. The second-order valence-electron chi connectivity index (χ2n) is 5.67. The fourth-order valence-corrected chi connectivity index (χ4v) is 2.36. The quantitative estimate of drug-likeness (QED) is 0.697. The van der Waals surface area contributed by atoms with Gasteiger partial charge in [-0.15, -0.1) is 0 Å². The molecule has 2 aromatic carbocycles. The van der Waals surface area contributed by atoms with Crippen molar-refractivity contribution in [2.24, 2.45) is 0 Å². The van der Waals surface area contributed by atoms with Gasteiger partial charge in [0.25, 0.3) is 5.91 Å². The molecular weight excluding hydrogens is 354 g/mol. The summed E-state index contributed by atoms with van der Waals surface area (Å²) in [6.45, 7) is 0.00864. The summed E-state index contributed by atoms with van der Waals surface area (Å²) in [5, 5.41) is 12.6. The minimum absolute atomic E-state index is 0.00864. The lowest BCUT2D eigenvalue weighted by Gasteiger charge is -2.14. The van der Waals surface area contributed by atoms with E-state index in [2.05, 4.69) is 10.3 Å². The number of nitrogens with zero attached hydrogens (tertiary/aromatic N) is 1. The third-order valence-electron chi connectivity index (χ3n) is 3.78. The van der Waals surface area contributed by atoms with Crippen molar-refractivity contribution in [3.63, 3.8) is 0 Å². The summed E-state index contributed by atoms with van der Waals surface area (Å²) in [6, 6.07) is 14.2. The van der Waals surface area contributed by atoms with Crippen LogP contribution in [0, 0.1) is 11.6 Å². The molecule has 0 fully saturated rings. The molecule has 1 atom stereocenters. The highest BCUT2D eigenvalue weighted by atomic mass is 19.1. The molecule has 0 saturated carbocycles. The molecular formula is C20H16F2N2O3. The molecule has 0 aliphatic rings. The first-order valence-corrected chi connectivity index (χ1v) is 8.12. The van der Waals surface area contributed by atoms with Crippen LogP contribution in [0.1, 0.15) is 17.2 Å². The zero-order valence-electron chi connectivity index (χ0n) is 14.1. The molecule has 2 N–H and O–H groups in total. The highest BCUT2D eigenvalue weighted by Gasteiger charge is 2.18. The number of pyridine rings is 1. The average Bonchev–Trinajstić information content (AvgIpc) is 2.69. The molecule has 0 aliphatic heterocycles. The molecule has 1 aromatic heterocycles. The lowest BCUT2D eigenvalue weighted by Crippen LogP contribution is -2.29. The van der Waals surface area contributed by atoms with Gasteiger partial charge in [-0.3, -0.25) is 4.79 Å². The van der Waals surface area contributed by atoms with Crippen LogP contribution < -0.4 is 10.1 Å². The third kappa shape index (κ3) is 4.65. The van der Waals surface area contributed by atoms with Crippen LogP contribution in [-0.2, 0) is 11.3 Å². The van der Waals surface area contributed by atoms with Crippen LogP contribution in [0.25, 0.3) is 0 Å². The predicted molar refractivity (Wildman–Crippen MR) is 93.9 cm³/mol. The number of rotatable bonds is 6. The minimum atomic E-state index is -1.45. The number of amides is 1. The number of hydrogen-bond donors (Lipinski definition) is 2. The molecule has 7 heteroatoms. The van der Waals surface area contributed by atoms with E-state index in [0.717, 1.165) is 12.1 Å². The fraction of sp³-hybridized carbons (Fsp3) is 0.100. The molecule has 0 radical (unpaired) electrons. The Bertz CT molecular complexity index is 933. The van der Waals surface area contributed by atoms with Crippen LogP contribution in [-0.4, -0.2) is 16.0 Å². The van der Waals surface area contributed by atoms with Gasteiger partial charge in [-0.2, -0.15) is 0 Å². The number of aliphatic hydroxyl groups excluding tert-OH is 1. The van der Waals surface area contributed by atoms with E-state index >= 15 is 0 Å². The number of para-hydroxylation sites is 1. The van der Waals surface area contributed by atoms with Crippen molar-refractivity contribution in [1.82, 2.24) is 10.3 Å². The monoisotopic (exact) mass is 370 g/mol. The lowest BCUT2D eigenvalue weighted by molar-refractivity contribution is -0.129. The first-order chi connectivity index (χ1) is 13.0. The van der Waals surface area contributed by atoms with E-state index in [-0.39, 0.29) is 23.7 Å². The fourth-order valence-electron chi connectivity index (χ4n) is 2.36. The lowest BCUT2D eigenvalue weighted by atomic mass is 10.1. The van der Waals surface area contributed by atoms with Crippen molar-refractivity contribution >= 4 is 5.91 Å². The van der Waals surface area contributed by atoms with Crippen LogP contribution >= 0.6 is 0 Å². The summed E-state index contributed by atoms with van der Waals surface area (Å²) < 4.78 is 32.2. The number of aromatic nitrogens is 1. The summed E-state index contributed by atoms with van der Waals surface area (Å²) in [6.07, 6.45) is 0.0349. The Morgan fingerprint density at radius 1 is 1.07 bits per heavy atom. The van der Waals surface area contributed by atoms with Crippen LogP contribution in [0.4, 0.5) is 8.78 Å². The number of ether oxygens (including phenoxy) is 1.